The van der Waals surface area contributed by atoms with Crippen molar-refractivity contribution in [3.05, 3.63) is 23.8 Å². The van der Waals surface area contributed by atoms with Crippen molar-refractivity contribution in [3.8, 4) is 11.5 Å². The maximum Gasteiger partial charge on any atom is 0.253 e. The maximum atomic E-state index is 11.2. The number of hydrazone groups is 1. The number of nitrogens with one attached hydrogen (secondary N) is 1. The van der Waals surface area contributed by atoms with Gasteiger partial charge in [0.2, 0.25) is 5.17 Å². The van der Waals surface area contributed by atoms with E-state index in [1.807, 2.05) is 12.1 Å². The normalized spacial score (nSPS) is 18.6. The van der Waals surface area contributed by atoms with E-state index in [4.69, 9.17) is 9.47 Å². The zero-order valence-electron chi connectivity index (χ0n) is 11.4. The van der Waals surface area contributed by atoms with Gasteiger partial charge in [-0.3, -0.25) is 4.79 Å². The van der Waals surface area contributed by atoms with Gasteiger partial charge in [-0.15, -0.1) is 5.10 Å². The van der Waals surface area contributed by atoms with E-state index in [1.165, 1.54) is 11.8 Å². The number of carbonyl (C=O) groups excluding carboxylic acids is 1. The van der Waals surface area contributed by atoms with Crippen LogP contribution in [-0.2, 0) is 4.79 Å². The summed E-state index contributed by atoms with van der Waals surface area (Å²) in [5.41, 5.74) is 3.29. The summed E-state index contributed by atoms with van der Waals surface area (Å²) >= 11 is 1.32. The van der Waals surface area contributed by atoms with E-state index in [2.05, 4.69) is 15.5 Å². The van der Waals surface area contributed by atoms with Crippen LogP contribution in [0.3, 0.4) is 0 Å². The number of amidine groups is 1. The molecule has 1 heterocycles. The summed E-state index contributed by atoms with van der Waals surface area (Å²) in [5.74, 6) is 1.19. The Kier molecular flexibility index (Phi) is 4.62. The number of thioether (sulfide) groups is 1. The average Bonchev–Trinajstić information content (AvgIpc) is 2.48. The molecule has 106 valence electrons. The van der Waals surface area contributed by atoms with E-state index < -0.39 is 0 Å². The number of carbonyl (C=O) groups is 1. The molecule has 7 heteroatoms. The molecule has 1 aromatic carbocycles. The van der Waals surface area contributed by atoms with Crippen LogP contribution in [0.5, 0.6) is 11.5 Å². The minimum absolute atomic E-state index is 0.111. The largest absolute Gasteiger partial charge is 0.493 e. The van der Waals surface area contributed by atoms with Crippen LogP contribution in [0.1, 0.15) is 12.5 Å². The molecular formula is C13H15N3O3S. The Labute approximate surface area is 121 Å². The van der Waals surface area contributed by atoms with E-state index >= 15 is 0 Å². The molecular weight excluding hydrogens is 278 g/mol. The third-order valence-corrected chi connectivity index (χ3v) is 3.62. The molecule has 6 nitrogen and oxygen atoms in total. The molecule has 1 aromatic rings. The van der Waals surface area contributed by atoms with Gasteiger partial charge in [-0.1, -0.05) is 11.8 Å². The van der Waals surface area contributed by atoms with Crippen LogP contribution in [0.15, 0.2) is 28.3 Å². The summed E-state index contributed by atoms with van der Waals surface area (Å²) in [4.78, 5) is 15.5. The van der Waals surface area contributed by atoms with Gasteiger partial charge in [0, 0.05) is 6.21 Å². The van der Waals surface area contributed by atoms with Crippen LogP contribution in [0.2, 0.25) is 0 Å². The molecule has 0 radical (unpaired) electrons. The molecule has 0 unspecified atom stereocenters. The van der Waals surface area contributed by atoms with Crippen molar-refractivity contribution in [2.75, 3.05) is 14.2 Å². The van der Waals surface area contributed by atoms with Gasteiger partial charge in [-0.2, -0.15) is 0 Å². The van der Waals surface area contributed by atoms with Crippen LogP contribution in [-0.4, -0.2) is 36.8 Å². The van der Waals surface area contributed by atoms with Gasteiger partial charge in [-0.05, 0) is 30.7 Å². The van der Waals surface area contributed by atoms with Gasteiger partial charge in [0.05, 0.1) is 19.5 Å². The molecule has 0 saturated heterocycles. The number of aliphatic imine (C=N–C) groups is 1. The summed E-state index contributed by atoms with van der Waals surface area (Å²) < 4.78 is 10.4. The van der Waals surface area contributed by atoms with Crippen LogP contribution >= 0.6 is 11.8 Å². The highest BCUT2D eigenvalue weighted by Gasteiger charge is 2.20. The Morgan fingerprint density at radius 2 is 2.10 bits per heavy atom. The zero-order chi connectivity index (χ0) is 14.5. The Balaban J connectivity index is 2.14. The van der Waals surface area contributed by atoms with Gasteiger partial charge >= 0.3 is 0 Å². The van der Waals surface area contributed by atoms with Crippen molar-refractivity contribution in [1.82, 2.24) is 5.43 Å². The monoisotopic (exact) mass is 293 g/mol. The highest BCUT2D eigenvalue weighted by Crippen LogP contribution is 2.27. The van der Waals surface area contributed by atoms with E-state index in [0.717, 1.165) is 5.56 Å². The first-order chi connectivity index (χ1) is 9.63. The number of benzene rings is 1. The standard InChI is InChI=1S/C13H15N3O3S/c1-8-12(17)15-16-13(20-8)14-7-9-4-5-10(18-2)11(6-9)19-3/h4-8H,1-3H3,(H,15,17)/t8-/m0/s1. The quantitative estimate of drug-likeness (QED) is 0.860. The first kappa shape index (κ1) is 14.4. The second-order valence-electron chi connectivity index (χ2n) is 4.00. The van der Waals surface area contributed by atoms with E-state index in [1.54, 1.807) is 33.4 Å². The summed E-state index contributed by atoms with van der Waals surface area (Å²) in [6.07, 6.45) is 1.66. The fourth-order valence-electron chi connectivity index (χ4n) is 1.55. The van der Waals surface area contributed by atoms with E-state index in [-0.39, 0.29) is 11.2 Å². The molecule has 0 bridgehead atoms. The molecule has 1 aliphatic rings. The lowest BCUT2D eigenvalue weighted by Gasteiger charge is -2.13. The third-order valence-electron chi connectivity index (χ3n) is 2.64. The maximum absolute atomic E-state index is 11.2. The predicted molar refractivity (Wildman–Crippen MR) is 79.8 cm³/mol. The molecule has 1 N–H and O–H groups in total. The molecule has 0 fully saturated rings. The number of hydrogen-bond acceptors (Lipinski definition) is 6. The molecule has 1 amide bonds. The van der Waals surface area contributed by atoms with Crippen molar-refractivity contribution in [1.29, 1.82) is 0 Å². The van der Waals surface area contributed by atoms with Gasteiger partial charge in [-0.25, -0.2) is 10.4 Å². The van der Waals surface area contributed by atoms with Crippen molar-refractivity contribution in [3.63, 3.8) is 0 Å². The Bertz CT molecular complexity index is 572. The summed E-state index contributed by atoms with van der Waals surface area (Å²) in [6.45, 7) is 1.81. The van der Waals surface area contributed by atoms with Crippen molar-refractivity contribution in [2.45, 2.75) is 12.2 Å². The van der Waals surface area contributed by atoms with E-state index in [0.29, 0.717) is 16.7 Å². The van der Waals surface area contributed by atoms with Gasteiger partial charge in [0.25, 0.3) is 5.91 Å². The number of amides is 1. The summed E-state index contributed by atoms with van der Waals surface area (Å²) in [6, 6.07) is 5.49. The molecule has 0 saturated carbocycles. The molecule has 20 heavy (non-hydrogen) atoms. The fraction of sp³-hybridized carbons (Fsp3) is 0.308. The smallest absolute Gasteiger partial charge is 0.253 e. The molecule has 0 aliphatic carbocycles. The van der Waals surface area contributed by atoms with Crippen LogP contribution in [0.25, 0.3) is 0 Å². The van der Waals surface area contributed by atoms with Crippen molar-refractivity contribution >= 4 is 29.1 Å². The Hall–Kier alpha value is -2.02. The number of rotatable bonds is 3. The summed E-state index contributed by atoms with van der Waals surface area (Å²) in [7, 11) is 3.17. The highest BCUT2D eigenvalue weighted by molar-refractivity contribution is 8.15. The summed E-state index contributed by atoms with van der Waals surface area (Å²) in [5, 5.41) is 4.21. The lowest BCUT2D eigenvalue weighted by molar-refractivity contribution is -0.120. The van der Waals surface area contributed by atoms with Gasteiger partial charge < -0.3 is 9.47 Å². The topological polar surface area (TPSA) is 72.3 Å². The second-order valence-corrected chi connectivity index (χ2v) is 5.31. The molecule has 1 atom stereocenters. The van der Waals surface area contributed by atoms with Crippen LogP contribution in [0, 0.1) is 0 Å². The minimum Gasteiger partial charge on any atom is -0.493 e. The van der Waals surface area contributed by atoms with Crippen LogP contribution in [0.4, 0.5) is 0 Å². The number of hydrogen-bond donors (Lipinski definition) is 1. The highest BCUT2D eigenvalue weighted by atomic mass is 32.2. The Morgan fingerprint density at radius 3 is 2.75 bits per heavy atom. The Morgan fingerprint density at radius 1 is 1.35 bits per heavy atom. The molecule has 0 aromatic heterocycles. The molecule has 0 spiro atoms. The number of methoxy groups -OCH3 is 2. The van der Waals surface area contributed by atoms with E-state index in [9.17, 15) is 4.79 Å². The zero-order valence-corrected chi connectivity index (χ0v) is 12.2. The number of ether oxygens (including phenoxy) is 2. The fourth-order valence-corrected chi connectivity index (χ4v) is 2.24. The first-order valence-corrected chi connectivity index (χ1v) is 6.82. The minimum atomic E-state index is -0.190. The number of nitrogens with zero attached hydrogens (tertiary/aromatic N) is 2. The average molecular weight is 293 g/mol. The predicted octanol–water partition coefficient (Wildman–Crippen LogP) is 1.65. The third kappa shape index (κ3) is 3.30. The first-order valence-electron chi connectivity index (χ1n) is 5.94. The van der Waals surface area contributed by atoms with Gasteiger partial charge in [0.1, 0.15) is 0 Å². The van der Waals surface area contributed by atoms with Crippen molar-refractivity contribution < 1.29 is 14.3 Å². The SMILES string of the molecule is COc1ccc(C=NC2=NNC(=O)[C@H](C)S2)cc1OC. The van der Waals surface area contributed by atoms with Crippen LogP contribution < -0.4 is 14.9 Å². The second kappa shape index (κ2) is 6.42. The van der Waals surface area contributed by atoms with Gasteiger partial charge in [0.15, 0.2) is 11.5 Å². The lowest BCUT2D eigenvalue weighted by atomic mass is 10.2. The van der Waals surface area contributed by atoms with Crippen molar-refractivity contribution in [2.24, 2.45) is 10.1 Å². The lowest BCUT2D eigenvalue weighted by Crippen LogP contribution is -2.32. The molecule has 1 aliphatic heterocycles. The molecule has 2 rings (SSSR count).